The largest absolute Gasteiger partial charge is 0.416 e. The fourth-order valence-corrected chi connectivity index (χ4v) is 2.22. The van der Waals surface area contributed by atoms with Crippen LogP contribution in [0.1, 0.15) is 5.56 Å². The number of halogens is 3. The zero-order chi connectivity index (χ0) is 15.9. The van der Waals surface area contributed by atoms with Crippen LogP contribution in [0.2, 0.25) is 0 Å². The summed E-state index contributed by atoms with van der Waals surface area (Å²) in [6.45, 7) is 0. The van der Waals surface area contributed by atoms with Crippen LogP contribution in [-0.4, -0.2) is 14.8 Å². The molecule has 3 rings (SSSR count). The second kappa shape index (κ2) is 4.94. The summed E-state index contributed by atoms with van der Waals surface area (Å²) in [5.74, 6) is 0. The van der Waals surface area contributed by atoms with Gasteiger partial charge in [-0.05, 0) is 24.3 Å². The summed E-state index contributed by atoms with van der Waals surface area (Å²) in [7, 11) is 1.45. The topological polar surface area (TPSA) is 47.8 Å². The summed E-state index contributed by atoms with van der Waals surface area (Å²) in [4.78, 5) is 16.1. The lowest BCUT2D eigenvalue weighted by Crippen LogP contribution is -2.20. The molecular formula is C15H10F3N3O. The zero-order valence-corrected chi connectivity index (χ0v) is 11.4. The number of benzene rings is 1. The van der Waals surface area contributed by atoms with Crippen LogP contribution in [0.25, 0.3) is 22.2 Å². The lowest BCUT2D eigenvalue weighted by Gasteiger charge is -2.10. The summed E-state index contributed by atoms with van der Waals surface area (Å²) >= 11 is 0. The van der Waals surface area contributed by atoms with Crippen LogP contribution >= 0.6 is 0 Å². The van der Waals surface area contributed by atoms with E-state index in [1.165, 1.54) is 25.4 Å². The number of pyridine rings is 1. The van der Waals surface area contributed by atoms with Crippen molar-refractivity contribution in [3.63, 3.8) is 0 Å². The molecule has 2 aromatic heterocycles. The smallest absolute Gasteiger partial charge is 0.267 e. The third kappa shape index (κ3) is 2.34. The Bertz CT molecular complexity index is 916. The minimum Gasteiger partial charge on any atom is -0.267 e. The molecule has 7 heteroatoms. The van der Waals surface area contributed by atoms with Crippen LogP contribution in [0.5, 0.6) is 0 Å². The molecule has 1 aromatic carbocycles. The summed E-state index contributed by atoms with van der Waals surface area (Å²) in [6.07, 6.45) is -2.97. The van der Waals surface area contributed by atoms with Gasteiger partial charge in [0.15, 0.2) is 0 Å². The highest BCUT2D eigenvalue weighted by Crippen LogP contribution is 2.32. The molecule has 0 amide bonds. The Balaban J connectivity index is 2.32. The van der Waals surface area contributed by atoms with Crippen molar-refractivity contribution in [2.45, 2.75) is 6.18 Å². The standard InChI is InChI=1S/C15H10F3N3O/c1-21-14(22)11-6-3-7-19-13(11)12(20-21)9-4-2-5-10(8-9)15(16,17)18/h2-8H,1H3. The number of aromatic nitrogens is 3. The van der Waals surface area contributed by atoms with E-state index in [1.54, 1.807) is 12.1 Å². The molecule has 0 aliphatic heterocycles. The third-order valence-electron chi connectivity index (χ3n) is 3.27. The highest BCUT2D eigenvalue weighted by Gasteiger charge is 2.30. The van der Waals surface area contributed by atoms with Gasteiger partial charge in [-0.15, -0.1) is 0 Å². The molecule has 0 spiro atoms. The second-order valence-corrected chi connectivity index (χ2v) is 4.76. The summed E-state index contributed by atoms with van der Waals surface area (Å²) in [5.41, 5.74) is -0.341. The van der Waals surface area contributed by atoms with E-state index in [-0.39, 0.29) is 22.3 Å². The molecule has 3 aromatic rings. The molecule has 0 unspecified atom stereocenters. The van der Waals surface area contributed by atoms with Gasteiger partial charge in [0.25, 0.3) is 5.56 Å². The van der Waals surface area contributed by atoms with E-state index in [0.29, 0.717) is 5.39 Å². The summed E-state index contributed by atoms with van der Waals surface area (Å²) < 4.78 is 39.6. The third-order valence-corrected chi connectivity index (χ3v) is 3.27. The average Bonchev–Trinajstić information content (AvgIpc) is 2.50. The second-order valence-electron chi connectivity index (χ2n) is 4.76. The van der Waals surface area contributed by atoms with Gasteiger partial charge in [0, 0.05) is 18.8 Å². The molecule has 0 radical (unpaired) electrons. The monoisotopic (exact) mass is 305 g/mol. The number of rotatable bonds is 1. The normalized spacial score (nSPS) is 11.8. The van der Waals surface area contributed by atoms with Gasteiger partial charge >= 0.3 is 6.18 Å². The van der Waals surface area contributed by atoms with Crippen LogP contribution < -0.4 is 5.56 Å². The van der Waals surface area contributed by atoms with Crippen molar-refractivity contribution in [2.75, 3.05) is 0 Å². The van der Waals surface area contributed by atoms with Crippen molar-refractivity contribution in [2.24, 2.45) is 7.05 Å². The lowest BCUT2D eigenvalue weighted by molar-refractivity contribution is -0.137. The van der Waals surface area contributed by atoms with Crippen molar-refractivity contribution in [1.29, 1.82) is 0 Å². The van der Waals surface area contributed by atoms with E-state index in [1.807, 2.05) is 0 Å². The maximum atomic E-state index is 12.8. The van der Waals surface area contributed by atoms with Gasteiger partial charge in [0.2, 0.25) is 0 Å². The molecular weight excluding hydrogens is 295 g/mol. The van der Waals surface area contributed by atoms with E-state index < -0.39 is 11.7 Å². The minimum absolute atomic E-state index is 0.240. The predicted molar refractivity (Wildman–Crippen MR) is 75.2 cm³/mol. The van der Waals surface area contributed by atoms with Crippen molar-refractivity contribution in [1.82, 2.24) is 14.8 Å². The van der Waals surface area contributed by atoms with Crippen molar-refractivity contribution in [3.8, 4) is 11.3 Å². The van der Waals surface area contributed by atoms with Crippen molar-refractivity contribution in [3.05, 3.63) is 58.5 Å². The molecule has 0 saturated heterocycles. The van der Waals surface area contributed by atoms with Crippen LogP contribution in [-0.2, 0) is 13.2 Å². The van der Waals surface area contributed by atoms with Gasteiger partial charge in [0.05, 0.1) is 10.9 Å². The van der Waals surface area contributed by atoms with Gasteiger partial charge in [-0.1, -0.05) is 12.1 Å². The molecule has 0 N–H and O–H groups in total. The van der Waals surface area contributed by atoms with E-state index in [9.17, 15) is 18.0 Å². The van der Waals surface area contributed by atoms with E-state index in [0.717, 1.165) is 16.8 Å². The molecule has 2 heterocycles. The zero-order valence-electron chi connectivity index (χ0n) is 11.4. The number of hydrogen-bond donors (Lipinski definition) is 0. The van der Waals surface area contributed by atoms with E-state index >= 15 is 0 Å². The average molecular weight is 305 g/mol. The van der Waals surface area contributed by atoms with Gasteiger partial charge < -0.3 is 0 Å². The minimum atomic E-state index is -4.44. The highest BCUT2D eigenvalue weighted by atomic mass is 19.4. The predicted octanol–water partition coefficient (Wildman–Crippen LogP) is 3.01. The number of nitrogens with zero attached hydrogens (tertiary/aromatic N) is 3. The van der Waals surface area contributed by atoms with E-state index in [2.05, 4.69) is 10.1 Å². The van der Waals surface area contributed by atoms with Crippen molar-refractivity contribution >= 4 is 10.9 Å². The Kier molecular flexibility index (Phi) is 3.20. The first kappa shape index (κ1) is 14.2. The fraction of sp³-hybridized carbons (Fsp3) is 0.133. The van der Waals surface area contributed by atoms with Crippen LogP contribution in [0.15, 0.2) is 47.4 Å². The highest BCUT2D eigenvalue weighted by molar-refractivity contribution is 5.90. The first-order chi connectivity index (χ1) is 10.4. The van der Waals surface area contributed by atoms with Crippen molar-refractivity contribution < 1.29 is 13.2 Å². The van der Waals surface area contributed by atoms with E-state index in [4.69, 9.17) is 0 Å². The Labute approximate surface area is 122 Å². The Morgan fingerprint density at radius 3 is 2.64 bits per heavy atom. The quantitative estimate of drug-likeness (QED) is 0.694. The Morgan fingerprint density at radius 1 is 1.14 bits per heavy atom. The first-order valence-electron chi connectivity index (χ1n) is 6.37. The molecule has 0 aliphatic carbocycles. The number of alkyl halides is 3. The molecule has 0 saturated carbocycles. The summed E-state index contributed by atoms with van der Waals surface area (Å²) in [6, 6.07) is 7.97. The van der Waals surface area contributed by atoms with Gasteiger partial charge in [-0.25, -0.2) is 4.68 Å². The Hall–Kier alpha value is -2.70. The molecule has 112 valence electrons. The molecule has 0 fully saturated rings. The van der Waals surface area contributed by atoms with Gasteiger partial charge in [-0.3, -0.25) is 9.78 Å². The van der Waals surface area contributed by atoms with Gasteiger partial charge in [-0.2, -0.15) is 18.3 Å². The molecule has 22 heavy (non-hydrogen) atoms. The fourth-order valence-electron chi connectivity index (χ4n) is 2.22. The van der Waals surface area contributed by atoms with Crippen LogP contribution in [0.4, 0.5) is 13.2 Å². The number of fused-ring (bicyclic) bond motifs is 1. The molecule has 0 atom stereocenters. The molecule has 0 aliphatic rings. The number of aryl methyl sites for hydroxylation is 1. The first-order valence-corrected chi connectivity index (χ1v) is 6.37. The molecule has 0 bridgehead atoms. The lowest BCUT2D eigenvalue weighted by atomic mass is 10.1. The SMILES string of the molecule is Cn1nc(-c2cccc(C(F)(F)F)c2)c2ncccc2c1=O. The van der Waals surface area contributed by atoms with Crippen LogP contribution in [0.3, 0.4) is 0 Å². The molecule has 4 nitrogen and oxygen atoms in total. The Morgan fingerprint density at radius 2 is 1.91 bits per heavy atom. The maximum Gasteiger partial charge on any atom is 0.416 e. The van der Waals surface area contributed by atoms with Gasteiger partial charge in [0.1, 0.15) is 11.2 Å². The number of hydrogen-bond acceptors (Lipinski definition) is 3. The summed E-state index contributed by atoms with van der Waals surface area (Å²) in [5, 5.41) is 4.38. The maximum absolute atomic E-state index is 12.8. The van der Waals surface area contributed by atoms with Crippen LogP contribution in [0, 0.1) is 0 Å².